The van der Waals surface area contributed by atoms with Crippen LogP contribution < -0.4 is 0 Å². The van der Waals surface area contributed by atoms with Crippen LogP contribution in [0.4, 0.5) is 0 Å². The molecule has 1 fully saturated rings. The van der Waals surface area contributed by atoms with Crippen LogP contribution >= 0.6 is 11.6 Å². The second-order valence-electron chi connectivity index (χ2n) is 9.66. The highest BCUT2D eigenvalue weighted by Crippen LogP contribution is 2.39. The first-order valence-electron chi connectivity index (χ1n) is 12.7. The molecule has 2 nitrogen and oxygen atoms in total. The highest BCUT2D eigenvalue weighted by atomic mass is 35.5. The van der Waals surface area contributed by atoms with Crippen LogP contribution in [0.25, 0.3) is 11.1 Å². The normalized spacial score (nSPS) is 20.0. The van der Waals surface area contributed by atoms with Crippen molar-refractivity contribution in [3.05, 3.63) is 47.0 Å². The van der Waals surface area contributed by atoms with Crippen molar-refractivity contribution < 1.29 is 0 Å². The SMILES string of the molecule is CCCCCc1ccc(-c2cnc(C(C)C3CCC(CCCCC)CC3)nc2)cc1Cl. The molecule has 1 unspecified atom stereocenters. The molecule has 31 heavy (non-hydrogen) atoms. The van der Waals surface area contributed by atoms with Gasteiger partial charge in [0.2, 0.25) is 0 Å². The average molecular weight is 441 g/mol. The zero-order valence-corrected chi connectivity index (χ0v) is 20.6. The maximum atomic E-state index is 6.55. The smallest absolute Gasteiger partial charge is 0.131 e. The van der Waals surface area contributed by atoms with E-state index in [9.17, 15) is 0 Å². The molecule has 2 aromatic rings. The fraction of sp³-hybridized carbons (Fsp3) is 0.643. The van der Waals surface area contributed by atoms with Crippen molar-refractivity contribution in [3.63, 3.8) is 0 Å². The van der Waals surface area contributed by atoms with Crippen LogP contribution in [0, 0.1) is 11.8 Å². The van der Waals surface area contributed by atoms with Gasteiger partial charge in [0.15, 0.2) is 0 Å². The Kier molecular flexibility index (Phi) is 9.84. The second kappa shape index (κ2) is 12.6. The van der Waals surface area contributed by atoms with Gasteiger partial charge in [0.25, 0.3) is 0 Å². The summed E-state index contributed by atoms with van der Waals surface area (Å²) in [5.41, 5.74) is 3.41. The lowest BCUT2D eigenvalue weighted by atomic mass is 9.74. The van der Waals surface area contributed by atoms with Crippen LogP contribution in [0.1, 0.15) is 109 Å². The summed E-state index contributed by atoms with van der Waals surface area (Å²) < 4.78 is 0. The summed E-state index contributed by atoms with van der Waals surface area (Å²) in [5.74, 6) is 3.12. The Morgan fingerprint density at radius 1 is 0.903 bits per heavy atom. The zero-order chi connectivity index (χ0) is 22.1. The highest BCUT2D eigenvalue weighted by molar-refractivity contribution is 6.31. The van der Waals surface area contributed by atoms with E-state index in [4.69, 9.17) is 21.6 Å². The molecule has 3 rings (SSSR count). The Morgan fingerprint density at radius 2 is 1.58 bits per heavy atom. The first kappa shape index (κ1) is 24.2. The highest BCUT2D eigenvalue weighted by Gasteiger charge is 2.27. The number of halogens is 1. The Balaban J connectivity index is 1.56. The van der Waals surface area contributed by atoms with Crippen LogP contribution in [0.2, 0.25) is 5.02 Å². The molecule has 1 heterocycles. The van der Waals surface area contributed by atoms with Crippen LogP contribution in [0.3, 0.4) is 0 Å². The molecular weight excluding hydrogens is 400 g/mol. The van der Waals surface area contributed by atoms with Gasteiger partial charge in [0, 0.05) is 28.9 Å². The molecule has 1 aliphatic carbocycles. The van der Waals surface area contributed by atoms with Gasteiger partial charge in [0.05, 0.1) is 0 Å². The molecule has 3 heteroatoms. The fourth-order valence-corrected chi connectivity index (χ4v) is 5.36. The number of aromatic nitrogens is 2. The van der Waals surface area contributed by atoms with E-state index in [0.29, 0.717) is 5.92 Å². The van der Waals surface area contributed by atoms with E-state index in [0.717, 1.165) is 40.2 Å². The van der Waals surface area contributed by atoms with Gasteiger partial charge in [0.1, 0.15) is 5.82 Å². The fourth-order valence-electron chi connectivity index (χ4n) is 5.09. The van der Waals surface area contributed by atoms with Gasteiger partial charge in [-0.1, -0.05) is 95.9 Å². The van der Waals surface area contributed by atoms with Gasteiger partial charge in [-0.25, -0.2) is 9.97 Å². The van der Waals surface area contributed by atoms with Gasteiger partial charge in [-0.05, 0) is 54.7 Å². The zero-order valence-electron chi connectivity index (χ0n) is 19.9. The minimum absolute atomic E-state index is 0.440. The molecular formula is C28H41ClN2. The second-order valence-corrected chi connectivity index (χ2v) is 10.1. The van der Waals surface area contributed by atoms with Gasteiger partial charge in [-0.2, -0.15) is 0 Å². The Morgan fingerprint density at radius 3 is 2.23 bits per heavy atom. The summed E-state index contributed by atoms with van der Waals surface area (Å²) in [6.07, 6.45) is 19.7. The van der Waals surface area contributed by atoms with Crippen molar-refractivity contribution >= 4 is 11.6 Å². The number of nitrogens with zero attached hydrogens (tertiary/aromatic N) is 2. The first-order chi connectivity index (χ1) is 15.1. The Labute approximate surface area is 195 Å². The van der Waals surface area contributed by atoms with Crippen molar-refractivity contribution in [2.24, 2.45) is 11.8 Å². The molecule has 0 N–H and O–H groups in total. The van der Waals surface area contributed by atoms with Gasteiger partial charge >= 0.3 is 0 Å². The number of unbranched alkanes of at least 4 members (excludes halogenated alkanes) is 4. The molecule has 0 bridgehead atoms. The Bertz CT molecular complexity index is 778. The van der Waals surface area contributed by atoms with Crippen LogP contribution in [0.5, 0.6) is 0 Å². The van der Waals surface area contributed by atoms with Crippen molar-refractivity contribution in [3.8, 4) is 11.1 Å². The Hall–Kier alpha value is -1.41. The van der Waals surface area contributed by atoms with E-state index < -0.39 is 0 Å². The van der Waals surface area contributed by atoms with Crippen LogP contribution in [-0.2, 0) is 6.42 Å². The maximum absolute atomic E-state index is 6.55. The van der Waals surface area contributed by atoms with Crippen LogP contribution in [0.15, 0.2) is 30.6 Å². The summed E-state index contributed by atoms with van der Waals surface area (Å²) in [5, 5.41) is 0.863. The van der Waals surface area contributed by atoms with E-state index in [1.807, 2.05) is 12.4 Å². The molecule has 1 aromatic carbocycles. The summed E-state index contributed by atoms with van der Waals surface area (Å²) in [4.78, 5) is 9.54. The predicted molar refractivity (Wildman–Crippen MR) is 134 cm³/mol. The third kappa shape index (κ3) is 7.04. The van der Waals surface area contributed by atoms with Crippen molar-refractivity contribution in [1.29, 1.82) is 0 Å². The molecule has 0 radical (unpaired) electrons. The molecule has 0 spiro atoms. The molecule has 1 saturated carbocycles. The monoisotopic (exact) mass is 440 g/mol. The number of benzene rings is 1. The molecule has 1 aromatic heterocycles. The number of hydrogen-bond acceptors (Lipinski definition) is 2. The predicted octanol–water partition coefficient (Wildman–Crippen LogP) is 9.02. The van der Waals surface area contributed by atoms with Crippen molar-refractivity contribution in [2.45, 2.75) is 104 Å². The summed E-state index contributed by atoms with van der Waals surface area (Å²) in [7, 11) is 0. The molecule has 170 valence electrons. The van der Waals surface area contributed by atoms with Crippen molar-refractivity contribution in [2.75, 3.05) is 0 Å². The third-order valence-electron chi connectivity index (χ3n) is 7.33. The van der Waals surface area contributed by atoms with E-state index in [1.165, 1.54) is 76.2 Å². The molecule has 0 aliphatic heterocycles. The first-order valence-corrected chi connectivity index (χ1v) is 13.1. The standard InChI is InChI=1S/C28H41ClN2/c1-4-6-8-10-22-12-14-23(15-13-22)21(3)28-30-19-26(20-31-28)25-17-16-24(27(29)18-25)11-9-7-5-2/h16-23H,4-15H2,1-3H3. The number of hydrogen-bond donors (Lipinski definition) is 0. The van der Waals surface area contributed by atoms with Gasteiger partial charge in [-0.15, -0.1) is 0 Å². The molecule has 1 atom stereocenters. The lowest BCUT2D eigenvalue weighted by Crippen LogP contribution is -2.20. The van der Waals surface area contributed by atoms with Crippen LogP contribution in [-0.4, -0.2) is 9.97 Å². The topological polar surface area (TPSA) is 25.8 Å². The van der Waals surface area contributed by atoms with Gasteiger partial charge < -0.3 is 0 Å². The third-order valence-corrected chi connectivity index (χ3v) is 7.68. The van der Waals surface area contributed by atoms with E-state index >= 15 is 0 Å². The lowest BCUT2D eigenvalue weighted by Gasteiger charge is -2.31. The summed E-state index contributed by atoms with van der Waals surface area (Å²) in [6.45, 7) is 6.84. The summed E-state index contributed by atoms with van der Waals surface area (Å²) in [6, 6.07) is 6.40. The average Bonchev–Trinajstić information content (AvgIpc) is 2.80. The lowest BCUT2D eigenvalue weighted by molar-refractivity contribution is 0.232. The van der Waals surface area contributed by atoms with E-state index in [1.54, 1.807) is 0 Å². The minimum atomic E-state index is 0.440. The molecule has 0 amide bonds. The number of rotatable bonds is 11. The van der Waals surface area contributed by atoms with E-state index in [2.05, 4.69) is 39.0 Å². The van der Waals surface area contributed by atoms with Gasteiger partial charge in [-0.3, -0.25) is 0 Å². The van der Waals surface area contributed by atoms with E-state index in [-0.39, 0.29) is 0 Å². The largest absolute Gasteiger partial charge is 0.240 e. The number of aryl methyl sites for hydroxylation is 1. The minimum Gasteiger partial charge on any atom is -0.240 e. The maximum Gasteiger partial charge on any atom is 0.131 e. The summed E-state index contributed by atoms with van der Waals surface area (Å²) >= 11 is 6.55. The van der Waals surface area contributed by atoms with Crippen molar-refractivity contribution in [1.82, 2.24) is 9.97 Å². The molecule has 1 aliphatic rings. The molecule has 0 saturated heterocycles. The quantitative estimate of drug-likeness (QED) is 0.325.